The van der Waals surface area contributed by atoms with E-state index in [9.17, 15) is 19.8 Å². The van der Waals surface area contributed by atoms with Crippen LogP contribution in [0.4, 0.5) is 0 Å². The Balaban J connectivity index is 1.73. The maximum atomic E-state index is 13.2. The molecule has 0 bridgehead atoms. The van der Waals surface area contributed by atoms with Crippen LogP contribution in [0.15, 0.2) is 72.3 Å². The van der Waals surface area contributed by atoms with E-state index in [1.807, 2.05) is 30.3 Å². The molecule has 37 heavy (non-hydrogen) atoms. The first kappa shape index (κ1) is 25.8. The fourth-order valence-corrected chi connectivity index (χ4v) is 4.39. The first-order valence-electron chi connectivity index (χ1n) is 11.8. The van der Waals surface area contributed by atoms with Crippen molar-refractivity contribution < 1.29 is 34.0 Å². The number of benzene rings is 3. The number of aromatic hydroxyl groups is 1. The van der Waals surface area contributed by atoms with E-state index in [1.54, 1.807) is 37.3 Å². The number of hydrogen-bond acceptors (Lipinski definition) is 7. The number of ether oxygens (including phenoxy) is 3. The van der Waals surface area contributed by atoms with Gasteiger partial charge < -0.3 is 29.3 Å². The molecule has 1 saturated heterocycles. The Morgan fingerprint density at radius 3 is 2.43 bits per heavy atom. The second kappa shape index (κ2) is 11.2. The van der Waals surface area contributed by atoms with Gasteiger partial charge in [0.15, 0.2) is 11.5 Å². The second-order valence-corrected chi connectivity index (χ2v) is 8.67. The van der Waals surface area contributed by atoms with Crippen LogP contribution in [0, 0.1) is 6.92 Å². The molecule has 2 N–H and O–H groups in total. The monoisotopic (exact) mass is 503 g/mol. The van der Waals surface area contributed by atoms with Gasteiger partial charge in [-0.05, 0) is 53.9 Å². The van der Waals surface area contributed by atoms with E-state index in [0.717, 1.165) is 5.56 Å². The molecule has 1 unspecified atom stereocenters. The highest BCUT2D eigenvalue weighted by Crippen LogP contribution is 2.42. The van der Waals surface area contributed by atoms with Crippen LogP contribution < -0.4 is 9.47 Å². The van der Waals surface area contributed by atoms with Crippen molar-refractivity contribution in [1.82, 2.24) is 4.90 Å². The Morgan fingerprint density at radius 2 is 1.76 bits per heavy atom. The third-order valence-electron chi connectivity index (χ3n) is 6.30. The number of Topliss-reactive ketones (excluding diaryl/α,β-unsaturated/α-hetero) is 1. The summed E-state index contributed by atoms with van der Waals surface area (Å²) in [6, 6.07) is 18.6. The third kappa shape index (κ3) is 5.29. The summed E-state index contributed by atoms with van der Waals surface area (Å²) in [5.74, 6) is -1.11. The Morgan fingerprint density at radius 1 is 1.00 bits per heavy atom. The minimum absolute atomic E-state index is 0.0464. The lowest BCUT2D eigenvalue weighted by atomic mass is 9.93. The van der Waals surface area contributed by atoms with Gasteiger partial charge in [-0.3, -0.25) is 9.59 Å². The van der Waals surface area contributed by atoms with Gasteiger partial charge in [-0.1, -0.05) is 36.4 Å². The van der Waals surface area contributed by atoms with E-state index < -0.39 is 17.7 Å². The Hall–Kier alpha value is -4.30. The number of methoxy groups -OCH3 is 2. The van der Waals surface area contributed by atoms with E-state index in [1.165, 1.54) is 25.2 Å². The third-order valence-corrected chi connectivity index (χ3v) is 6.30. The molecule has 8 nitrogen and oxygen atoms in total. The molecule has 3 aromatic rings. The highest BCUT2D eigenvalue weighted by molar-refractivity contribution is 6.46. The van der Waals surface area contributed by atoms with Crippen LogP contribution in [0.25, 0.3) is 5.76 Å². The zero-order valence-corrected chi connectivity index (χ0v) is 20.9. The van der Waals surface area contributed by atoms with Gasteiger partial charge in [0.25, 0.3) is 11.7 Å². The van der Waals surface area contributed by atoms with Crippen molar-refractivity contribution in [3.63, 3.8) is 0 Å². The first-order chi connectivity index (χ1) is 17.8. The SMILES string of the molecule is COCCN1C(=O)C(=O)/C(=C(/O)c2ccc(OCc3ccccc3)cc2C)C1c1ccc(O)c(OC)c1. The number of ketones is 1. The lowest BCUT2D eigenvalue weighted by Crippen LogP contribution is -2.32. The van der Waals surface area contributed by atoms with Gasteiger partial charge in [-0.15, -0.1) is 0 Å². The summed E-state index contributed by atoms with van der Waals surface area (Å²) in [5, 5.41) is 21.4. The Bertz CT molecular complexity index is 1330. The van der Waals surface area contributed by atoms with Crippen molar-refractivity contribution >= 4 is 17.4 Å². The van der Waals surface area contributed by atoms with E-state index in [-0.39, 0.29) is 36.0 Å². The number of amides is 1. The fraction of sp³-hybridized carbons (Fsp3) is 0.241. The lowest BCUT2D eigenvalue weighted by Gasteiger charge is -2.25. The highest BCUT2D eigenvalue weighted by Gasteiger charge is 2.46. The van der Waals surface area contributed by atoms with Crippen molar-refractivity contribution in [2.24, 2.45) is 0 Å². The molecule has 4 rings (SSSR count). The maximum Gasteiger partial charge on any atom is 0.295 e. The second-order valence-electron chi connectivity index (χ2n) is 8.67. The van der Waals surface area contributed by atoms with Crippen LogP contribution in [0.3, 0.4) is 0 Å². The Kier molecular flexibility index (Phi) is 7.79. The Labute approximate surface area is 215 Å². The number of aliphatic hydroxyl groups excluding tert-OH is 1. The van der Waals surface area contributed by atoms with Crippen LogP contribution >= 0.6 is 0 Å². The smallest absolute Gasteiger partial charge is 0.295 e. The van der Waals surface area contributed by atoms with Crippen LogP contribution in [-0.2, 0) is 20.9 Å². The molecule has 1 amide bonds. The summed E-state index contributed by atoms with van der Waals surface area (Å²) in [7, 11) is 2.91. The van der Waals surface area contributed by atoms with E-state index in [0.29, 0.717) is 29.0 Å². The number of phenols is 1. The zero-order valence-electron chi connectivity index (χ0n) is 20.9. The summed E-state index contributed by atoms with van der Waals surface area (Å²) in [6.45, 7) is 2.52. The van der Waals surface area contributed by atoms with Crippen LogP contribution in [0.5, 0.6) is 17.2 Å². The molecule has 0 aromatic heterocycles. The molecule has 0 saturated carbocycles. The quantitative estimate of drug-likeness (QED) is 0.254. The minimum Gasteiger partial charge on any atom is -0.507 e. The van der Waals surface area contributed by atoms with Gasteiger partial charge in [0.05, 0.1) is 25.3 Å². The number of likely N-dealkylation sites (tertiary alicyclic amines) is 1. The standard InChI is InChI=1S/C29H29NO7/c1-18-15-21(37-17-19-7-5-4-6-8-19)10-11-22(18)27(32)25-26(20-9-12-23(31)24(16-20)36-3)30(13-14-35-2)29(34)28(25)33/h4-12,15-16,26,31-32H,13-14,17H2,1-3H3/b27-25+. The van der Waals surface area contributed by atoms with Gasteiger partial charge in [0.2, 0.25) is 0 Å². The number of nitrogens with zero attached hydrogens (tertiary/aromatic N) is 1. The fourth-order valence-electron chi connectivity index (χ4n) is 4.39. The van der Waals surface area contributed by atoms with Crippen molar-refractivity contribution in [2.45, 2.75) is 19.6 Å². The molecule has 1 atom stereocenters. The van der Waals surface area contributed by atoms with Gasteiger partial charge in [-0.2, -0.15) is 0 Å². The first-order valence-corrected chi connectivity index (χ1v) is 11.8. The van der Waals surface area contributed by atoms with Crippen LogP contribution in [0.1, 0.15) is 28.3 Å². The largest absolute Gasteiger partial charge is 0.507 e. The van der Waals surface area contributed by atoms with E-state index in [4.69, 9.17) is 14.2 Å². The molecule has 0 radical (unpaired) electrons. The average Bonchev–Trinajstić information content (AvgIpc) is 3.16. The summed E-state index contributed by atoms with van der Waals surface area (Å²) in [5.41, 5.74) is 2.56. The van der Waals surface area contributed by atoms with Crippen molar-refractivity contribution in [1.29, 1.82) is 0 Å². The molecule has 3 aromatic carbocycles. The molecule has 1 aliphatic heterocycles. The topological polar surface area (TPSA) is 106 Å². The molecule has 8 heteroatoms. The predicted molar refractivity (Wildman–Crippen MR) is 137 cm³/mol. The van der Waals surface area contributed by atoms with Crippen molar-refractivity contribution in [2.75, 3.05) is 27.4 Å². The van der Waals surface area contributed by atoms with Crippen LogP contribution in [0.2, 0.25) is 0 Å². The molecule has 1 heterocycles. The van der Waals surface area contributed by atoms with E-state index >= 15 is 0 Å². The van der Waals surface area contributed by atoms with Gasteiger partial charge >= 0.3 is 0 Å². The molecule has 1 aliphatic rings. The van der Waals surface area contributed by atoms with Gasteiger partial charge in [0, 0.05) is 19.2 Å². The van der Waals surface area contributed by atoms with E-state index in [2.05, 4.69) is 0 Å². The van der Waals surface area contributed by atoms with Crippen molar-refractivity contribution in [3.05, 3.63) is 94.6 Å². The maximum absolute atomic E-state index is 13.2. The summed E-state index contributed by atoms with van der Waals surface area (Å²) in [6.07, 6.45) is 0. The molecule has 192 valence electrons. The lowest BCUT2D eigenvalue weighted by molar-refractivity contribution is -0.140. The number of hydrogen-bond donors (Lipinski definition) is 2. The number of phenolic OH excluding ortho intramolecular Hbond substituents is 1. The summed E-state index contributed by atoms with van der Waals surface area (Å²) >= 11 is 0. The average molecular weight is 504 g/mol. The van der Waals surface area contributed by atoms with Crippen LogP contribution in [-0.4, -0.2) is 54.2 Å². The number of rotatable bonds is 9. The molecule has 0 aliphatic carbocycles. The van der Waals surface area contributed by atoms with Crippen molar-refractivity contribution in [3.8, 4) is 17.2 Å². The molecule has 1 fully saturated rings. The predicted octanol–water partition coefficient (Wildman–Crippen LogP) is 4.36. The van der Waals surface area contributed by atoms with Gasteiger partial charge in [-0.25, -0.2) is 0 Å². The summed E-state index contributed by atoms with van der Waals surface area (Å²) in [4.78, 5) is 27.5. The number of carbonyl (C=O) groups is 2. The number of aliphatic hydroxyl groups is 1. The highest BCUT2D eigenvalue weighted by atomic mass is 16.5. The van der Waals surface area contributed by atoms with Gasteiger partial charge in [0.1, 0.15) is 18.1 Å². The number of aryl methyl sites for hydroxylation is 1. The number of carbonyl (C=O) groups excluding carboxylic acids is 2. The summed E-state index contributed by atoms with van der Waals surface area (Å²) < 4.78 is 16.2. The normalized spacial score (nSPS) is 16.7. The molecular weight excluding hydrogens is 474 g/mol. The molecule has 0 spiro atoms. The zero-order chi connectivity index (χ0) is 26.5. The minimum atomic E-state index is -0.891. The molecular formula is C29H29NO7.